The normalized spacial score (nSPS) is 10.6. The van der Waals surface area contributed by atoms with Crippen LogP contribution >= 0.6 is 0 Å². The molecule has 0 aromatic rings. The zero-order valence-corrected chi connectivity index (χ0v) is 11.4. The van der Waals surface area contributed by atoms with Crippen molar-refractivity contribution in [3.8, 4) is 0 Å². The summed E-state index contributed by atoms with van der Waals surface area (Å²) in [6, 6.07) is 0. The molecule has 0 spiro atoms. The van der Waals surface area contributed by atoms with Crippen LogP contribution in [0.1, 0.15) is 77.6 Å². The molecule has 1 nitrogen and oxygen atoms in total. The van der Waals surface area contributed by atoms with Gasteiger partial charge in [-0.05, 0) is 38.2 Å². The van der Waals surface area contributed by atoms with E-state index in [4.69, 9.17) is 0 Å². The maximum absolute atomic E-state index is 9.92. The van der Waals surface area contributed by atoms with Crippen molar-refractivity contribution in [2.75, 3.05) is 0 Å². The van der Waals surface area contributed by atoms with Crippen LogP contribution in [-0.4, -0.2) is 5.94 Å². The molecule has 0 saturated carbocycles. The Balaban J connectivity index is 3.00. The summed E-state index contributed by atoms with van der Waals surface area (Å²) < 4.78 is 0. The average molecular weight is 236 g/mol. The summed E-state index contributed by atoms with van der Waals surface area (Å²) in [5.74, 6) is 1.83. The van der Waals surface area contributed by atoms with Crippen LogP contribution in [0.4, 0.5) is 0 Å². The molecular weight excluding hydrogens is 208 g/mol. The van der Waals surface area contributed by atoms with E-state index in [9.17, 15) is 4.79 Å². The van der Waals surface area contributed by atoms with Gasteiger partial charge in [-0.1, -0.05) is 57.6 Å². The second kappa shape index (κ2) is 15.2. The first-order valence-electron chi connectivity index (χ1n) is 7.26. The van der Waals surface area contributed by atoms with Gasteiger partial charge in [0, 0.05) is 0 Å². The number of rotatable bonds is 12. The molecule has 0 unspecified atom stereocenters. The highest BCUT2D eigenvalue weighted by molar-refractivity contribution is 5.44. The molecule has 0 aromatic carbocycles. The Bertz CT molecular complexity index is 212. The fourth-order valence-electron chi connectivity index (χ4n) is 1.85. The molecule has 0 fully saturated rings. The minimum Gasteiger partial charge on any atom is -0.234 e. The van der Waals surface area contributed by atoms with Crippen molar-refractivity contribution in [1.29, 1.82) is 0 Å². The Hall–Kier alpha value is -0.810. The molecule has 17 heavy (non-hydrogen) atoms. The van der Waals surface area contributed by atoms with Crippen molar-refractivity contribution >= 4 is 5.94 Å². The lowest BCUT2D eigenvalue weighted by molar-refractivity contribution is 0.565. The zero-order valence-electron chi connectivity index (χ0n) is 11.4. The van der Waals surface area contributed by atoms with Gasteiger partial charge in [0.2, 0.25) is 0 Å². The first-order chi connectivity index (χ1) is 8.41. The Morgan fingerprint density at radius 1 is 0.765 bits per heavy atom. The van der Waals surface area contributed by atoms with E-state index in [-0.39, 0.29) is 0 Å². The van der Waals surface area contributed by atoms with Gasteiger partial charge in [-0.15, -0.1) is 0 Å². The number of carbonyl (C=O) groups excluding carboxylic acids is 1. The molecule has 0 heterocycles. The van der Waals surface area contributed by atoms with Gasteiger partial charge in [0.25, 0.3) is 0 Å². The van der Waals surface area contributed by atoms with Crippen LogP contribution in [0, 0.1) is 0 Å². The van der Waals surface area contributed by atoms with Crippen LogP contribution in [0.5, 0.6) is 0 Å². The van der Waals surface area contributed by atoms with E-state index >= 15 is 0 Å². The lowest BCUT2D eigenvalue weighted by Gasteiger charge is -1.99. The summed E-state index contributed by atoms with van der Waals surface area (Å²) in [5.41, 5.74) is 0. The second-order valence-corrected chi connectivity index (χ2v) is 4.63. The van der Waals surface area contributed by atoms with Gasteiger partial charge in [-0.3, -0.25) is 0 Å². The Kier molecular flexibility index (Phi) is 14.5. The van der Waals surface area contributed by atoms with Crippen molar-refractivity contribution in [3.63, 3.8) is 0 Å². The number of allylic oxidation sites excluding steroid dienone is 3. The molecule has 0 atom stereocenters. The minimum absolute atomic E-state index is 0.908. The summed E-state index contributed by atoms with van der Waals surface area (Å²) in [4.78, 5) is 9.92. The molecule has 0 saturated heterocycles. The maximum atomic E-state index is 9.92. The summed E-state index contributed by atoms with van der Waals surface area (Å²) in [6.45, 7) is 2.22. The molecule has 1 heteroatoms. The van der Waals surface area contributed by atoms with E-state index in [0.29, 0.717) is 0 Å². The SMILES string of the molecule is CCCC=CCCCCCCCCCC=C=O. The lowest BCUT2D eigenvalue weighted by Crippen LogP contribution is -1.80. The minimum atomic E-state index is 0.908. The van der Waals surface area contributed by atoms with Crippen LogP contribution < -0.4 is 0 Å². The van der Waals surface area contributed by atoms with Crippen molar-refractivity contribution in [3.05, 3.63) is 18.2 Å². The highest BCUT2D eigenvalue weighted by Crippen LogP contribution is 2.10. The third-order valence-corrected chi connectivity index (χ3v) is 2.92. The van der Waals surface area contributed by atoms with Gasteiger partial charge in [0.15, 0.2) is 0 Å². The van der Waals surface area contributed by atoms with E-state index < -0.39 is 0 Å². The smallest absolute Gasteiger partial charge is 0.120 e. The van der Waals surface area contributed by atoms with E-state index in [1.54, 1.807) is 6.08 Å². The van der Waals surface area contributed by atoms with Gasteiger partial charge in [-0.25, -0.2) is 4.79 Å². The van der Waals surface area contributed by atoms with Crippen LogP contribution in [0.2, 0.25) is 0 Å². The summed E-state index contributed by atoms with van der Waals surface area (Å²) in [5, 5.41) is 0. The monoisotopic (exact) mass is 236 g/mol. The molecule has 0 aliphatic heterocycles. The van der Waals surface area contributed by atoms with Crippen LogP contribution in [0.15, 0.2) is 18.2 Å². The highest BCUT2D eigenvalue weighted by Gasteiger charge is 1.90. The van der Waals surface area contributed by atoms with E-state index in [2.05, 4.69) is 19.1 Å². The quantitative estimate of drug-likeness (QED) is 0.257. The van der Waals surface area contributed by atoms with E-state index in [1.165, 1.54) is 57.8 Å². The molecule has 0 rings (SSSR count). The van der Waals surface area contributed by atoms with Gasteiger partial charge >= 0.3 is 0 Å². The van der Waals surface area contributed by atoms with Crippen molar-refractivity contribution in [1.82, 2.24) is 0 Å². The zero-order chi connectivity index (χ0) is 12.6. The van der Waals surface area contributed by atoms with Gasteiger partial charge in [-0.2, -0.15) is 0 Å². The van der Waals surface area contributed by atoms with Crippen LogP contribution in [0.3, 0.4) is 0 Å². The predicted molar refractivity (Wildman–Crippen MR) is 75.9 cm³/mol. The summed E-state index contributed by atoms with van der Waals surface area (Å²) in [7, 11) is 0. The summed E-state index contributed by atoms with van der Waals surface area (Å²) in [6.07, 6.45) is 20.0. The molecule has 0 aromatic heterocycles. The average Bonchev–Trinajstić information content (AvgIpc) is 2.35. The number of hydrogen-bond acceptors (Lipinski definition) is 1. The van der Waals surface area contributed by atoms with Crippen molar-refractivity contribution in [2.45, 2.75) is 77.6 Å². The molecule has 0 amide bonds. The fraction of sp³-hybridized carbons (Fsp3) is 0.750. The molecule has 0 aliphatic rings. The maximum Gasteiger partial charge on any atom is 0.120 e. The predicted octanol–water partition coefficient (Wildman–Crippen LogP) is 5.24. The third kappa shape index (κ3) is 15.2. The van der Waals surface area contributed by atoms with Crippen LogP contribution in [-0.2, 0) is 4.79 Å². The molecule has 0 aliphatic carbocycles. The lowest BCUT2D eigenvalue weighted by atomic mass is 10.1. The van der Waals surface area contributed by atoms with Crippen LogP contribution in [0.25, 0.3) is 0 Å². The summed E-state index contributed by atoms with van der Waals surface area (Å²) >= 11 is 0. The Morgan fingerprint density at radius 3 is 1.88 bits per heavy atom. The number of hydrogen-bond donors (Lipinski definition) is 0. The Morgan fingerprint density at radius 2 is 1.29 bits per heavy atom. The van der Waals surface area contributed by atoms with Gasteiger partial charge in [0.05, 0.1) is 0 Å². The molecule has 98 valence electrons. The first-order valence-corrected chi connectivity index (χ1v) is 7.26. The largest absolute Gasteiger partial charge is 0.234 e. The van der Waals surface area contributed by atoms with Crippen molar-refractivity contribution in [2.24, 2.45) is 0 Å². The second-order valence-electron chi connectivity index (χ2n) is 4.63. The fourth-order valence-corrected chi connectivity index (χ4v) is 1.85. The number of unbranched alkanes of at least 4 members (excludes halogenated alkanes) is 9. The molecule has 0 N–H and O–H groups in total. The molecule has 0 bridgehead atoms. The third-order valence-electron chi connectivity index (χ3n) is 2.92. The topological polar surface area (TPSA) is 17.1 Å². The first kappa shape index (κ1) is 16.2. The molecular formula is C16H28O. The molecule has 0 radical (unpaired) electrons. The highest BCUT2D eigenvalue weighted by atomic mass is 16.1. The van der Waals surface area contributed by atoms with Gasteiger partial charge < -0.3 is 0 Å². The standard InChI is InChI=1S/C16H28O/c1-2-3-4-5-6-7-8-9-10-11-12-13-14-15-16-17/h4-5,15H,2-3,6-14H2,1H3. The Labute approximate surface area is 107 Å². The van der Waals surface area contributed by atoms with E-state index in [0.717, 1.165) is 12.8 Å². The van der Waals surface area contributed by atoms with Gasteiger partial charge in [0.1, 0.15) is 5.94 Å². The van der Waals surface area contributed by atoms with Crippen molar-refractivity contribution < 1.29 is 4.79 Å². The van der Waals surface area contributed by atoms with E-state index in [1.807, 2.05) is 5.94 Å².